The van der Waals surface area contributed by atoms with Crippen LogP contribution in [0.3, 0.4) is 0 Å². The molecule has 1 amide bonds. The predicted octanol–water partition coefficient (Wildman–Crippen LogP) is 4.55. The van der Waals surface area contributed by atoms with Crippen molar-refractivity contribution in [2.75, 3.05) is 40.0 Å². The molecule has 0 saturated carbocycles. The lowest BCUT2D eigenvalue weighted by Gasteiger charge is -2.40. The van der Waals surface area contributed by atoms with Gasteiger partial charge in [0.15, 0.2) is 5.76 Å². The molecular formula is C30H38BrN3O5. The lowest BCUT2D eigenvalue weighted by atomic mass is 9.74. The third-order valence-electron chi connectivity index (χ3n) is 7.20. The fourth-order valence-electron chi connectivity index (χ4n) is 5.15. The zero-order chi connectivity index (χ0) is 27.8. The van der Waals surface area contributed by atoms with Crippen molar-refractivity contribution in [3.05, 3.63) is 75.4 Å². The van der Waals surface area contributed by atoms with Gasteiger partial charge in [0.2, 0.25) is 5.91 Å². The maximum atomic E-state index is 12.1. The summed E-state index contributed by atoms with van der Waals surface area (Å²) in [7, 11) is 1.70. The minimum atomic E-state index is -1.11. The number of piperidine rings is 1. The summed E-state index contributed by atoms with van der Waals surface area (Å²) >= 11 is 3.75. The number of rotatable bonds is 12. The topological polar surface area (TPSA) is 106 Å². The Hall–Kier alpha value is -2.56. The number of methoxy groups -OCH3 is 1. The minimum Gasteiger partial charge on any atom is -0.384 e. The van der Waals surface area contributed by atoms with Gasteiger partial charge in [-0.05, 0) is 52.0 Å². The summed E-state index contributed by atoms with van der Waals surface area (Å²) in [5.74, 6) is 0.575. The molecule has 0 bridgehead atoms. The van der Waals surface area contributed by atoms with Crippen LogP contribution < -0.4 is 10.6 Å². The van der Waals surface area contributed by atoms with Gasteiger partial charge in [-0.1, -0.05) is 60.6 Å². The Kier molecular flexibility index (Phi) is 10.3. The van der Waals surface area contributed by atoms with Crippen LogP contribution in [0.4, 0.5) is 0 Å². The van der Waals surface area contributed by atoms with Crippen LogP contribution in [0, 0.1) is 5.92 Å². The van der Waals surface area contributed by atoms with E-state index in [9.17, 15) is 9.90 Å². The summed E-state index contributed by atoms with van der Waals surface area (Å²) in [6, 6.07) is 15.9. The molecule has 0 spiro atoms. The van der Waals surface area contributed by atoms with Crippen LogP contribution in [0.5, 0.6) is 0 Å². The van der Waals surface area contributed by atoms with E-state index in [4.69, 9.17) is 14.0 Å². The van der Waals surface area contributed by atoms with E-state index in [2.05, 4.69) is 38.6 Å². The number of carbonyl (C=O) groups excluding carboxylic acids is 1. The molecule has 0 aliphatic carbocycles. The minimum absolute atomic E-state index is 0.0584. The largest absolute Gasteiger partial charge is 0.384 e. The van der Waals surface area contributed by atoms with Gasteiger partial charge >= 0.3 is 0 Å². The Morgan fingerprint density at radius 2 is 2.03 bits per heavy atom. The summed E-state index contributed by atoms with van der Waals surface area (Å²) in [5, 5.41) is 22.8. The summed E-state index contributed by atoms with van der Waals surface area (Å²) in [6.45, 7) is 7.21. The molecule has 3 N–H and O–H groups in total. The molecule has 3 aromatic rings. The summed E-state index contributed by atoms with van der Waals surface area (Å²) < 4.78 is 17.6. The highest BCUT2D eigenvalue weighted by atomic mass is 79.9. The van der Waals surface area contributed by atoms with Crippen LogP contribution in [-0.4, -0.2) is 56.1 Å². The van der Waals surface area contributed by atoms with Crippen molar-refractivity contribution >= 4 is 21.8 Å². The molecule has 1 unspecified atom stereocenters. The Bertz CT molecular complexity index is 1230. The van der Waals surface area contributed by atoms with Gasteiger partial charge in [-0.15, -0.1) is 0 Å². The lowest BCUT2D eigenvalue weighted by Crippen LogP contribution is -2.46. The summed E-state index contributed by atoms with van der Waals surface area (Å²) in [6.07, 6.45) is 1.21. The van der Waals surface area contributed by atoms with Crippen molar-refractivity contribution in [1.82, 2.24) is 15.8 Å². The molecule has 1 aliphatic heterocycles. The van der Waals surface area contributed by atoms with Gasteiger partial charge in [0.05, 0.1) is 30.2 Å². The second-order valence-corrected chi connectivity index (χ2v) is 11.1. The van der Waals surface area contributed by atoms with E-state index in [-0.39, 0.29) is 11.8 Å². The average molecular weight is 601 g/mol. The smallest absolute Gasteiger partial charge is 0.216 e. The quantitative estimate of drug-likeness (QED) is 0.280. The second kappa shape index (κ2) is 13.7. The third kappa shape index (κ3) is 7.15. The number of aliphatic hydroxyl groups is 1. The summed E-state index contributed by atoms with van der Waals surface area (Å²) in [5.41, 5.74) is 3.41. The van der Waals surface area contributed by atoms with Crippen molar-refractivity contribution in [3.8, 4) is 11.3 Å². The standard InChI is InChI=1S/C30H38BrN3O5/c1-20(17-37-3)18-38-19-22-8-10-24(11-9-22)30(36)13-15-32-16-26(30)28-27(31)29(39-34-28)25-7-5-4-6-23(25)12-14-33-21(2)35/h4-11,20,26,32,36H,12-19H2,1-3H3,(H,33,35)/t20-,26+,30?/m0/s1. The number of ether oxygens (including phenoxy) is 2. The highest BCUT2D eigenvalue weighted by Crippen LogP contribution is 2.45. The maximum absolute atomic E-state index is 12.1. The molecule has 0 radical (unpaired) electrons. The van der Waals surface area contributed by atoms with Crippen LogP contribution in [0.25, 0.3) is 11.3 Å². The van der Waals surface area contributed by atoms with Crippen molar-refractivity contribution in [3.63, 3.8) is 0 Å². The molecule has 1 fully saturated rings. The highest BCUT2D eigenvalue weighted by molar-refractivity contribution is 9.10. The molecule has 1 aromatic heterocycles. The number of hydrogen-bond acceptors (Lipinski definition) is 7. The first-order valence-electron chi connectivity index (χ1n) is 13.4. The molecule has 2 aromatic carbocycles. The highest BCUT2D eigenvalue weighted by Gasteiger charge is 2.44. The zero-order valence-corrected chi connectivity index (χ0v) is 24.4. The van der Waals surface area contributed by atoms with Crippen molar-refractivity contribution in [1.29, 1.82) is 0 Å². The van der Waals surface area contributed by atoms with Gasteiger partial charge in [0.1, 0.15) is 11.3 Å². The van der Waals surface area contributed by atoms with E-state index in [0.717, 1.165) is 26.7 Å². The number of nitrogens with zero attached hydrogens (tertiary/aromatic N) is 1. The summed E-state index contributed by atoms with van der Waals surface area (Å²) in [4.78, 5) is 11.3. The molecule has 3 atom stereocenters. The monoisotopic (exact) mass is 599 g/mol. The van der Waals surface area contributed by atoms with E-state index < -0.39 is 5.60 Å². The molecular weight excluding hydrogens is 562 g/mol. The number of carbonyl (C=O) groups is 1. The lowest BCUT2D eigenvalue weighted by molar-refractivity contribution is -0.118. The van der Waals surface area contributed by atoms with Crippen molar-refractivity contribution in [2.24, 2.45) is 5.92 Å². The van der Waals surface area contributed by atoms with E-state index in [1.54, 1.807) is 7.11 Å². The fraction of sp³-hybridized carbons (Fsp3) is 0.467. The van der Waals surface area contributed by atoms with Gasteiger partial charge in [-0.3, -0.25) is 4.79 Å². The number of amides is 1. The molecule has 9 heteroatoms. The van der Waals surface area contributed by atoms with Gasteiger partial charge in [-0.2, -0.15) is 0 Å². The second-order valence-electron chi connectivity index (χ2n) is 10.3. The molecule has 2 heterocycles. The number of aromatic nitrogens is 1. The third-order valence-corrected chi connectivity index (χ3v) is 7.97. The van der Waals surface area contributed by atoms with Crippen LogP contribution in [0.15, 0.2) is 57.5 Å². The van der Waals surface area contributed by atoms with Crippen LogP contribution in [0.1, 0.15) is 48.6 Å². The number of halogens is 1. The van der Waals surface area contributed by atoms with Gasteiger partial charge in [0.25, 0.3) is 0 Å². The van der Waals surface area contributed by atoms with Gasteiger partial charge in [-0.25, -0.2) is 0 Å². The average Bonchev–Trinajstić information content (AvgIpc) is 3.30. The molecule has 210 valence electrons. The van der Waals surface area contributed by atoms with E-state index in [0.29, 0.717) is 69.7 Å². The Labute approximate surface area is 238 Å². The molecule has 8 nitrogen and oxygen atoms in total. The van der Waals surface area contributed by atoms with Gasteiger partial charge < -0.3 is 29.7 Å². The van der Waals surface area contributed by atoms with Crippen molar-refractivity contribution < 1.29 is 23.9 Å². The van der Waals surface area contributed by atoms with Crippen LogP contribution in [-0.2, 0) is 32.9 Å². The first kappa shape index (κ1) is 29.4. The first-order valence-corrected chi connectivity index (χ1v) is 14.2. The Morgan fingerprint density at radius 1 is 1.26 bits per heavy atom. The molecule has 39 heavy (non-hydrogen) atoms. The Balaban J connectivity index is 1.54. The maximum Gasteiger partial charge on any atom is 0.216 e. The van der Waals surface area contributed by atoms with Crippen LogP contribution >= 0.6 is 15.9 Å². The fourth-order valence-corrected chi connectivity index (χ4v) is 5.78. The van der Waals surface area contributed by atoms with Gasteiger partial charge in [0, 0.05) is 38.6 Å². The Morgan fingerprint density at radius 3 is 2.77 bits per heavy atom. The predicted molar refractivity (Wildman–Crippen MR) is 153 cm³/mol. The molecule has 1 saturated heterocycles. The van der Waals surface area contributed by atoms with E-state index in [1.165, 1.54) is 6.92 Å². The zero-order valence-electron chi connectivity index (χ0n) is 22.8. The normalized spacial score (nSPS) is 20.1. The van der Waals surface area contributed by atoms with E-state index in [1.807, 2.05) is 48.5 Å². The number of benzene rings is 2. The van der Waals surface area contributed by atoms with Crippen LogP contribution in [0.2, 0.25) is 0 Å². The molecule has 4 rings (SSSR count). The number of nitrogens with one attached hydrogen (secondary N) is 2. The SMILES string of the molecule is COC[C@H](C)COCc1ccc(C2(O)CCNC[C@@H]2c2noc(-c3ccccc3CCNC(C)=O)c2Br)cc1. The van der Waals surface area contributed by atoms with E-state index >= 15 is 0 Å². The number of hydrogen-bond donors (Lipinski definition) is 3. The molecule has 1 aliphatic rings. The van der Waals surface area contributed by atoms with Crippen molar-refractivity contribution in [2.45, 2.75) is 44.8 Å². The first-order chi connectivity index (χ1) is 18.8.